The zero-order valence-electron chi connectivity index (χ0n) is 10.9. The highest BCUT2D eigenvalue weighted by atomic mass is 19.1. The molecule has 0 spiro atoms. The van der Waals surface area contributed by atoms with Crippen molar-refractivity contribution in [2.24, 2.45) is 5.92 Å². The van der Waals surface area contributed by atoms with Gasteiger partial charge in [0, 0.05) is 12.5 Å². The predicted octanol–water partition coefficient (Wildman–Crippen LogP) is 2.08. The van der Waals surface area contributed by atoms with Gasteiger partial charge in [0.1, 0.15) is 5.82 Å². The molecule has 20 heavy (non-hydrogen) atoms. The third kappa shape index (κ3) is 3.44. The molecule has 0 bridgehead atoms. The Morgan fingerprint density at radius 1 is 1.25 bits per heavy atom. The first kappa shape index (κ1) is 14.2. The smallest absolute Gasteiger partial charge is 0.312 e. The van der Waals surface area contributed by atoms with Crippen LogP contribution in [-0.4, -0.2) is 23.5 Å². The number of carboxylic acids is 1. The third-order valence-corrected chi connectivity index (χ3v) is 3.43. The van der Waals surface area contributed by atoms with E-state index in [-0.39, 0.29) is 18.4 Å². The minimum absolute atomic E-state index is 0.0102. The summed E-state index contributed by atoms with van der Waals surface area (Å²) in [5.74, 6) is -2.56. The highest BCUT2D eigenvalue weighted by molar-refractivity contribution is 5.81. The fraction of sp³-hybridized carbons (Fsp3) is 0.333. The molecule has 1 amide bonds. The van der Waals surface area contributed by atoms with Gasteiger partial charge in [-0.3, -0.25) is 9.59 Å². The van der Waals surface area contributed by atoms with Gasteiger partial charge in [-0.1, -0.05) is 24.3 Å². The molecule has 0 radical (unpaired) electrons. The second-order valence-corrected chi connectivity index (χ2v) is 4.83. The van der Waals surface area contributed by atoms with E-state index in [0.29, 0.717) is 18.4 Å². The summed E-state index contributed by atoms with van der Waals surface area (Å²) in [5.41, 5.74) is 0.476. The van der Waals surface area contributed by atoms with Crippen molar-refractivity contribution < 1.29 is 19.1 Å². The highest BCUT2D eigenvalue weighted by Crippen LogP contribution is 2.19. The Balaban J connectivity index is 1.97. The van der Waals surface area contributed by atoms with Gasteiger partial charge in [0.2, 0.25) is 5.91 Å². The molecule has 2 rings (SSSR count). The number of amides is 1. The van der Waals surface area contributed by atoms with Crippen molar-refractivity contribution in [1.82, 2.24) is 5.32 Å². The molecular weight excluding hydrogens is 261 g/mol. The molecule has 5 heteroatoms. The van der Waals surface area contributed by atoms with E-state index in [1.165, 1.54) is 24.3 Å². The fourth-order valence-corrected chi connectivity index (χ4v) is 2.22. The quantitative estimate of drug-likeness (QED) is 0.810. The van der Waals surface area contributed by atoms with E-state index in [1.54, 1.807) is 0 Å². The zero-order chi connectivity index (χ0) is 14.5. The number of benzene rings is 1. The molecule has 4 nitrogen and oxygen atoms in total. The second kappa shape index (κ2) is 6.32. The predicted molar refractivity (Wildman–Crippen MR) is 71.7 cm³/mol. The van der Waals surface area contributed by atoms with Crippen LogP contribution in [-0.2, 0) is 9.59 Å². The Hall–Kier alpha value is -2.17. The molecule has 0 aliphatic heterocycles. The summed E-state index contributed by atoms with van der Waals surface area (Å²) in [6.45, 7) is 0.0102. The van der Waals surface area contributed by atoms with Crippen LogP contribution in [0.4, 0.5) is 4.39 Å². The first-order valence-electron chi connectivity index (χ1n) is 6.49. The maximum atomic E-state index is 12.8. The molecule has 2 N–H and O–H groups in total. The average molecular weight is 277 g/mol. The number of halogens is 1. The van der Waals surface area contributed by atoms with E-state index in [1.807, 2.05) is 12.2 Å². The topological polar surface area (TPSA) is 66.4 Å². The normalized spacial score (nSPS) is 16.1. The van der Waals surface area contributed by atoms with Gasteiger partial charge < -0.3 is 10.4 Å². The van der Waals surface area contributed by atoms with Crippen LogP contribution >= 0.6 is 0 Å². The van der Waals surface area contributed by atoms with Crippen LogP contribution in [0.3, 0.4) is 0 Å². The van der Waals surface area contributed by atoms with Gasteiger partial charge in [0.15, 0.2) is 0 Å². The Bertz CT molecular complexity index is 516. The number of carbonyl (C=O) groups is 2. The van der Waals surface area contributed by atoms with Crippen molar-refractivity contribution in [3.63, 3.8) is 0 Å². The number of hydrogen-bond donors (Lipinski definition) is 2. The van der Waals surface area contributed by atoms with E-state index >= 15 is 0 Å². The second-order valence-electron chi connectivity index (χ2n) is 4.83. The standard InChI is InChI=1S/C15H16FNO3/c16-12-7-5-10(6-8-12)13(15(19)20)9-17-14(18)11-3-1-2-4-11/h1-2,5-8,11,13H,3-4,9H2,(H,17,18)(H,19,20). The van der Waals surface area contributed by atoms with Gasteiger partial charge >= 0.3 is 5.97 Å². The molecule has 1 aliphatic rings. The van der Waals surface area contributed by atoms with E-state index < -0.39 is 17.7 Å². The van der Waals surface area contributed by atoms with Gasteiger partial charge in [-0.2, -0.15) is 0 Å². The number of hydrogen-bond acceptors (Lipinski definition) is 2. The van der Waals surface area contributed by atoms with Crippen LogP contribution in [0, 0.1) is 11.7 Å². The summed E-state index contributed by atoms with van der Waals surface area (Å²) in [7, 11) is 0. The molecule has 0 saturated carbocycles. The number of aliphatic carboxylic acids is 1. The molecule has 1 aliphatic carbocycles. The maximum Gasteiger partial charge on any atom is 0.312 e. The first-order chi connectivity index (χ1) is 9.58. The van der Waals surface area contributed by atoms with E-state index in [9.17, 15) is 19.1 Å². The van der Waals surface area contributed by atoms with Crippen LogP contribution in [0.1, 0.15) is 24.3 Å². The highest BCUT2D eigenvalue weighted by Gasteiger charge is 2.24. The average Bonchev–Trinajstić information content (AvgIpc) is 2.94. The van der Waals surface area contributed by atoms with Crippen molar-refractivity contribution in [1.29, 1.82) is 0 Å². The van der Waals surface area contributed by atoms with Crippen LogP contribution in [0.25, 0.3) is 0 Å². The summed E-state index contributed by atoms with van der Waals surface area (Å²) in [4.78, 5) is 23.1. The van der Waals surface area contributed by atoms with Crippen LogP contribution in [0.5, 0.6) is 0 Å². The molecule has 106 valence electrons. The number of carboxylic acid groups (broad SMARTS) is 1. The van der Waals surface area contributed by atoms with Crippen LogP contribution in [0.2, 0.25) is 0 Å². The van der Waals surface area contributed by atoms with Gasteiger partial charge in [-0.15, -0.1) is 0 Å². The molecule has 0 heterocycles. The number of carbonyl (C=O) groups excluding carboxylic acids is 1. The van der Waals surface area contributed by atoms with Crippen molar-refractivity contribution in [2.75, 3.05) is 6.54 Å². The summed E-state index contributed by atoms with van der Waals surface area (Å²) in [6, 6.07) is 5.29. The van der Waals surface area contributed by atoms with Crippen molar-refractivity contribution in [3.05, 3.63) is 47.8 Å². The van der Waals surface area contributed by atoms with Crippen LogP contribution in [0.15, 0.2) is 36.4 Å². The Labute approximate surface area is 116 Å². The third-order valence-electron chi connectivity index (χ3n) is 3.43. The molecule has 0 saturated heterocycles. The summed E-state index contributed by atoms with van der Waals surface area (Å²) in [5, 5.41) is 11.9. The molecule has 1 aromatic rings. The first-order valence-corrected chi connectivity index (χ1v) is 6.49. The molecule has 1 unspecified atom stereocenters. The van der Waals surface area contributed by atoms with Crippen molar-refractivity contribution in [3.8, 4) is 0 Å². The largest absolute Gasteiger partial charge is 0.481 e. The SMILES string of the molecule is O=C(NCC(C(=O)O)c1ccc(F)cc1)C1CC=CC1. The Morgan fingerprint density at radius 3 is 2.40 bits per heavy atom. The lowest BCUT2D eigenvalue weighted by Crippen LogP contribution is -2.35. The monoisotopic (exact) mass is 277 g/mol. The van der Waals surface area contributed by atoms with Gasteiger partial charge in [0.05, 0.1) is 5.92 Å². The fourth-order valence-electron chi connectivity index (χ4n) is 2.22. The minimum atomic E-state index is -1.04. The lowest BCUT2D eigenvalue weighted by Gasteiger charge is -2.16. The number of nitrogens with one attached hydrogen (secondary N) is 1. The summed E-state index contributed by atoms with van der Waals surface area (Å²) >= 11 is 0. The molecule has 1 aromatic carbocycles. The van der Waals surface area contributed by atoms with Gasteiger partial charge in [0.25, 0.3) is 0 Å². The molecular formula is C15H16FNO3. The van der Waals surface area contributed by atoms with Gasteiger partial charge in [-0.05, 0) is 30.5 Å². The van der Waals surface area contributed by atoms with E-state index in [2.05, 4.69) is 5.32 Å². The van der Waals surface area contributed by atoms with Crippen molar-refractivity contribution >= 4 is 11.9 Å². The summed E-state index contributed by atoms with van der Waals surface area (Å²) < 4.78 is 12.8. The van der Waals surface area contributed by atoms with Crippen LogP contribution < -0.4 is 5.32 Å². The van der Waals surface area contributed by atoms with Crippen molar-refractivity contribution in [2.45, 2.75) is 18.8 Å². The Kier molecular flexibility index (Phi) is 4.50. The number of allylic oxidation sites excluding steroid dienone is 2. The maximum absolute atomic E-state index is 12.8. The molecule has 1 atom stereocenters. The molecule has 0 aromatic heterocycles. The Morgan fingerprint density at radius 2 is 1.85 bits per heavy atom. The summed E-state index contributed by atoms with van der Waals surface area (Å²) in [6.07, 6.45) is 5.28. The van der Waals surface area contributed by atoms with E-state index in [4.69, 9.17) is 0 Å². The lowest BCUT2D eigenvalue weighted by atomic mass is 9.98. The van der Waals surface area contributed by atoms with Gasteiger partial charge in [-0.25, -0.2) is 4.39 Å². The minimum Gasteiger partial charge on any atom is -0.481 e. The van der Waals surface area contributed by atoms with E-state index in [0.717, 1.165) is 0 Å². The molecule has 0 fully saturated rings. The number of rotatable bonds is 5. The lowest BCUT2D eigenvalue weighted by molar-refractivity contribution is -0.138. The zero-order valence-corrected chi connectivity index (χ0v) is 10.9.